The normalized spacial score (nSPS) is 13.7. The van der Waals surface area contributed by atoms with Gasteiger partial charge < -0.3 is 0 Å². The van der Waals surface area contributed by atoms with Gasteiger partial charge in [-0.3, -0.25) is 0 Å². The molecule has 114 valence electrons. The number of benzene rings is 1. The topological polar surface area (TPSA) is 46.2 Å². The highest BCUT2D eigenvalue weighted by atomic mass is 35.5. The van der Waals surface area contributed by atoms with Gasteiger partial charge in [-0.15, -0.1) is 11.6 Å². The van der Waals surface area contributed by atoms with E-state index in [2.05, 4.69) is 18.6 Å². The lowest BCUT2D eigenvalue weighted by molar-refractivity contribution is 0.460. The maximum Gasteiger partial charge on any atom is 0.240 e. The Kier molecular flexibility index (Phi) is 6.49. The molecule has 1 aromatic rings. The van der Waals surface area contributed by atoms with Crippen molar-refractivity contribution in [1.82, 2.24) is 4.72 Å². The van der Waals surface area contributed by atoms with Crippen molar-refractivity contribution in [2.75, 3.05) is 6.54 Å². The Hall–Kier alpha value is -0.580. The summed E-state index contributed by atoms with van der Waals surface area (Å²) in [6, 6.07) is 5.32. The van der Waals surface area contributed by atoms with Crippen LogP contribution in [0.4, 0.5) is 0 Å². The van der Waals surface area contributed by atoms with Crippen LogP contribution in [0.1, 0.15) is 37.8 Å². The van der Waals surface area contributed by atoms with E-state index in [1.807, 2.05) is 13.0 Å². The van der Waals surface area contributed by atoms with Crippen LogP contribution in [0.5, 0.6) is 0 Å². The molecule has 0 aromatic heterocycles. The molecule has 5 heteroatoms. The van der Waals surface area contributed by atoms with Crippen molar-refractivity contribution in [2.45, 2.75) is 50.8 Å². The van der Waals surface area contributed by atoms with E-state index in [1.165, 1.54) is 0 Å². The predicted octanol–water partition coefficient (Wildman–Crippen LogP) is 3.63. The molecule has 20 heavy (non-hydrogen) atoms. The van der Waals surface area contributed by atoms with Crippen molar-refractivity contribution < 1.29 is 8.42 Å². The summed E-state index contributed by atoms with van der Waals surface area (Å²) in [5, 5.41) is -0.175. The standard InChI is InChI=1S/C15H24ClNO2S/c1-5-13(6-2)14(16)10-17-20(18,19)15-8-7-11(3)9-12(15)4/h7-9,13-14,17H,5-6,10H2,1-4H3. The smallest absolute Gasteiger partial charge is 0.210 e. The Labute approximate surface area is 127 Å². The van der Waals surface area contributed by atoms with Crippen molar-refractivity contribution in [3.8, 4) is 0 Å². The molecule has 0 radical (unpaired) electrons. The van der Waals surface area contributed by atoms with Crippen LogP contribution in [0.25, 0.3) is 0 Å². The number of sulfonamides is 1. The first kappa shape index (κ1) is 17.5. The van der Waals surface area contributed by atoms with Gasteiger partial charge in [0.1, 0.15) is 0 Å². The number of rotatable bonds is 7. The Bertz CT molecular complexity index is 539. The van der Waals surface area contributed by atoms with E-state index in [1.54, 1.807) is 19.1 Å². The van der Waals surface area contributed by atoms with Crippen LogP contribution in [-0.2, 0) is 10.0 Å². The number of halogens is 1. The van der Waals surface area contributed by atoms with Gasteiger partial charge in [0.15, 0.2) is 0 Å². The van der Waals surface area contributed by atoms with Gasteiger partial charge in [0.2, 0.25) is 10.0 Å². The van der Waals surface area contributed by atoms with Crippen LogP contribution in [-0.4, -0.2) is 20.3 Å². The molecule has 1 rings (SSSR count). The lowest BCUT2D eigenvalue weighted by Gasteiger charge is -2.20. The molecule has 1 atom stereocenters. The summed E-state index contributed by atoms with van der Waals surface area (Å²) in [7, 11) is -3.49. The second-order valence-corrected chi connectivity index (χ2v) is 7.51. The summed E-state index contributed by atoms with van der Waals surface area (Å²) in [6.07, 6.45) is 1.91. The fourth-order valence-electron chi connectivity index (χ4n) is 2.33. The van der Waals surface area contributed by atoms with Crippen LogP contribution < -0.4 is 4.72 Å². The fraction of sp³-hybridized carbons (Fsp3) is 0.600. The fourth-order valence-corrected chi connectivity index (χ4v) is 4.14. The first-order chi connectivity index (χ1) is 9.31. The van der Waals surface area contributed by atoms with Crippen LogP contribution in [0, 0.1) is 19.8 Å². The molecule has 0 spiro atoms. The number of hydrogen-bond acceptors (Lipinski definition) is 2. The molecule has 3 nitrogen and oxygen atoms in total. The molecular formula is C15H24ClNO2S. The van der Waals surface area contributed by atoms with Crippen LogP contribution in [0.3, 0.4) is 0 Å². The van der Waals surface area contributed by atoms with Crippen molar-refractivity contribution in [3.05, 3.63) is 29.3 Å². The Morgan fingerprint density at radius 2 is 1.80 bits per heavy atom. The van der Waals surface area contributed by atoms with E-state index >= 15 is 0 Å². The number of hydrogen-bond donors (Lipinski definition) is 1. The first-order valence-electron chi connectivity index (χ1n) is 7.02. The van der Waals surface area contributed by atoms with E-state index in [-0.39, 0.29) is 11.9 Å². The Balaban J connectivity index is 2.80. The summed E-state index contributed by atoms with van der Waals surface area (Å²) >= 11 is 6.28. The second-order valence-electron chi connectivity index (χ2n) is 5.21. The predicted molar refractivity (Wildman–Crippen MR) is 84.8 cm³/mol. The third-order valence-corrected chi connectivity index (χ3v) is 5.74. The third kappa shape index (κ3) is 4.47. The maximum absolute atomic E-state index is 12.3. The molecular weight excluding hydrogens is 294 g/mol. The lowest BCUT2D eigenvalue weighted by atomic mass is 9.99. The van der Waals surface area contributed by atoms with Gasteiger partial charge in [0.25, 0.3) is 0 Å². The largest absolute Gasteiger partial charge is 0.240 e. The maximum atomic E-state index is 12.3. The van der Waals surface area contributed by atoms with Gasteiger partial charge in [0, 0.05) is 11.9 Å². The van der Waals surface area contributed by atoms with Crippen LogP contribution in [0.15, 0.2) is 23.1 Å². The SMILES string of the molecule is CCC(CC)C(Cl)CNS(=O)(=O)c1ccc(C)cc1C. The molecule has 0 saturated heterocycles. The van der Waals surface area contributed by atoms with E-state index < -0.39 is 10.0 Å². The van der Waals surface area contributed by atoms with Gasteiger partial charge in [-0.2, -0.15) is 0 Å². The summed E-state index contributed by atoms with van der Waals surface area (Å²) in [5.74, 6) is 0.332. The van der Waals surface area contributed by atoms with Crippen molar-refractivity contribution in [1.29, 1.82) is 0 Å². The summed E-state index contributed by atoms with van der Waals surface area (Å²) in [6.45, 7) is 8.16. The summed E-state index contributed by atoms with van der Waals surface area (Å²) in [5.41, 5.74) is 1.81. The van der Waals surface area contributed by atoms with Gasteiger partial charge in [0.05, 0.1) is 4.90 Å². The minimum absolute atomic E-state index is 0.175. The molecule has 0 fully saturated rings. The average molecular weight is 318 g/mol. The van der Waals surface area contributed by atoms with Crippen molar-refractivity contribution >= 4 is 21.6 Å². The quantitative estimate of drug-likeness (QED) is 0.781. The zero-order chi connectivity index (χ0) is 15.3. The molecule has 0 amide bonds. The molecule has 1 unspecified atom stereocenters. The molecule has 0 aliphatic heterocycles. The highest BCUT2D eigenvalue weighted by Gasteiger charge is 2.21. The Morgan fingerprint density at radius 1 is 1.20 bits per heavy atom. The van der Waals surface area contributed by atoms with Crippen LogP contribution >= 0.6 is 11.6 Å². The van der Waals surface area contributed by atoms with Crippen molar-refractivity contribution in [2.24, 2.45) is 5.92 Å². The molecule has 0 bridgehead atoms. The first-order valence-corrected chi connectivity index (χ1v) is 8.94. The third-order valence-electron chi connectivity index (χ3n) is 3.65. The average Bonchev–Trinajstić information content (AvgIpc) is 2.37. The van der Waals surface area contributed by atoms with Gasteiger partial charge in [-0.1, -0.05) is 44.4 Å². The minimum Gasteiger partial charge on any atom is -0.210 e. The van der Waals surface area contributed by atoms with Gasteiger partial charge in [-0.05, 0) is 31.4 Å². The highest BCUT2D eigenvalue weighted by molar-refractivity contribution is 7.89. The number of nitrogens with one attached hydrogen (secondary N) is 1. The summed E-state index contributed by atoms with van der Waals surface area (Å²) < 4.78 is 27.2. The zero-order valence-corrected chi connectivity index (χ0v) is 14.2. The highest BCUT2D eigenvalue weighted by Crippen LogP contribution is 2.20. The van der Waals surface area contributed by atoms with E-state index in [4.69, 9.17) is 11.6 Å². The molecule has 0 aliphatic carbocycles. The van der Waals surface area contributed by atoms with E-state index in [9.17, 15) is 8.42 Å². The molecule has 1 N–H and O–H groups in total. The second kappa shape index (κ2) is 7.43. The van der Waals surface area contributed by atoms with Gasteiger partial charge in [-0.25, -0.2) is 13.1 Å². The molecule has 0 saturated carbocycles. The number of alkyl halides is 1. The van der Waals surface area contributed by atoms with Gasteiger partial charge >= 0.3 is 0 Å². The molecule has 0 aliphatic rings. The molecule has 0 heterocycles. The zero-order valence-electron chi connectivity index (χ0n) is 12.6. The number of aryl methyl sites for hydroxylation is 2. The monoisotopic (exact) mass is 317 g/mol. The summed E-state index contributed by atoms with van der Waals surface area (Å²) in [4.78, 5) is 0.330. The molecule has 1 aromatic carbocycles. The van der Waals surface area contributed by atoms with E-state index in [0.29, 0.717) is 10.8 Å². The Morgan fingerprint density at radius 3 is 2.30 bits per heavy atom. The van der Waals surface area contributed by atoms with Crippen molar-refractivity contribution in [3.63, 3.8) is 0 Å². The lowest BCUT2D eigenvalue weighted by Crippen LogP contribution is -2.33. The van der Waals surface area contributed by atoms with E-state index in [0.717, 1.165) is 24.0 Å². The van der Waals surface area contributed by atoms with Crippen LogP contribution in [0.2, 0.25) is 0 Å². The minimum atomic E-state index is -3.49.